The average Bonchev–Trinajstić information content (AvgIpc) is 3.51. The Bertz CT molecular complexity index is 1230. The minimum Gasteiger partial charge on any atom is -0.507 e. The topological polar surface area (TPSA) is 89.0 Å². The number of carbonyl (C=O) groups is 2. The molecule has 1 fully saturated rings. The molecule has 2 aliphatic rings. The maximum Gasteiger partial charge on any atom is 0.301 e. The van der Waals surface area contributed by atoms with Crippen LogP contribution in [-0.2, 0) is 16.0 Å². The Morgan fingerprint density at radius 3 is 2.69 bits per heavy atom. The smallest absolute Gasteiger partial charge is 0.301 e. The molecule has 1 amide bonds. The highest BCUT2D eigenvalue weighted by Crippen LogP contribution is 2.43. The van der Waals surface area contributed by atoms with Crippen molar-refractivity contribution >= 4 is 33.9 Å². The van der Waals surface area contributed by atoms with E-state index >= 15 is 0 Å². The summed E-state index contributed by atoms with van der Waals surface area (Å²) in [6.07, 6.45) is 2.34. The normalized spacial score (nSPS) is 21.5. The molecule has 8 heteroatoms. The zero-order chi connectivity index (χ0) is 22.4. The van der Waals surface area contributed by atoms with Crippen LogP contribution in [0.1, 0.15) is 29.7 Å². The van der Waals surface area contributed by atoms with Crippen molar-refractivity contribution in [2.45, 2.75) is 25.5 Å². The van der Waals surface area contributed by atoms with E-state index in [-0.39, 0.29) is 17.4 Å². The highest BCUT2D eigenvalue weighted by molar-refractivity contribution is 7.14. The Kier molecular flexibility index (Phi) is 4.94. The Hall–Kier alpha value is -3.65. The molecule has 2 aromatic carbocycles. The Morgan fingerprint density at radius 2 is 2.00 bits per heavy atom. The third-order valence-corrected chi connectivity index (χ3v) is 6.44. The molecule has 2 atom stereocenters. The Labute approximate surface area is 188 Å². The summed E-state index contributed by atoms with van der Waals surface area (Å²) in [4.78, 5) is 31.8. The number of Topliss-reactive ketones (excluding diaryl/α,β-unsaturated/α-hetero) is 1. The summed E-state index contributed by atoms with van der Waals surface area (Å²) in [7, 11) is 1.56. The molecule has 32 heavy (non-hydrogen) atoms. The number of anilines is 1. The van der Waals surface area contributed by atoms with Gasteiger partial charge in [-0.1, -0.05) is 12.1 Å². The number of hydrogen-bond acceptors (Lipinski definition) is 7. The van der Waals surface area contributed by atoms with Gasteiger partial charge >= 0.3 is 5.91 Å². The molecule has 0 spiro atoms. The quantitative estimate of drug-likeness (QED) is 0.367. The molecule has 0 saturated carbocycles. The summed E-state index contributed by atoms with van der Waals surface area (Å²) >= 11 is 1.25. The first-order chi connectivity index (χ1) is 15.5. The number of rotatable bonds is 4. The number of hydrogen-bond donors (Lipinski definition) is 1. The van der Waals surface area contributed by atoms with Gasteiger partial charge in [-0.05, 0) is 48.4 Å². The second-order valence-corrected chi connectivity index (χ2v) is 8.59. The molecule has 0 radical (unpaired) electrons. The molecule has 3 aromatic rings. The van der Waals surface area contributed by atoms with E-state index in [2.05, 4.69) is 4.98 Å². The van der Waals surface area contributed by atoms with Crippen LogP contribution in [0, 0.1) is 0 Å². The van der Waals surface area contributed by atoms with Crippen LogP contribution in [0.3, 0.4) is 0 Å². The molecular formula is C24H20N2O5S. The minimum absolute atomic E-state index is 0.0299. The van der Waals surface area contributed by atoms with E-state index in [9.17, 15) is 14.7 Å². The summed E-state index contributed by atoms with van der Waals surface area (Å²) in [5, 5.41) is 13.4. The van der Waals surface area contributed by atoms with Crippen molar-refractivity contribution in [3.8, 4) is 11.5 Å². The van der Waals surface area contributed by atoms with Crippen LogP contribution in [-0.4, -0.2) is 35.0 Å². The van der Waals surface area contributed by atoms with Crippen molar-refractivity contribution < 1.29 is 24.2 Å². The molecule has 3 heterocycles. The number of ether oxygens (including phenoxy) is 2. The number of benzene rings is 2. The Morgan fingerprint density at radius 1 is 1.22 bits per heavy atom. The van der Waals surface area contributed by atoms with Crippen LogP contribution in [0.2, 0.25) is 0 Å². The van der Waals surface area contributed by atoms with Crippen LogP contribution in [0.4, 0.5) is 5.13 Å². The molecule has 1 aromatic heterocycles. The molecule has 5 rings (SSSR count). The fourth-order valence-corrected chi connectivity index (χ4v) is 4.86. The number of aliphatic hydroxyl groups is 1. The lowest BCUT2D eigenvalue weighted by atomic mass is 9.94. The standard InChI is InChI=1S/C24H20N2O5S/c1-13-11-16-12-15(5-8-18(16)31-13)21(27)19-20(14-3-6-17(30-2)7-4-14)26(23(29)22(19)28)24-25-9-10-32-24/h3-10,12-13,20,27H,11H2,1-2H3. The van der Waals surface area contributed by atoms with Crippen LogP contribution < -0.4 is 14.4 Å². The second kappa shape index (κ2) is 7.80. The van der Waals surface area contributed by atoms with Gasteiger partial charge in [-0.3, -0.25) is 14.5 Å². The Balaban J connectivity index is 1.67. The molecule has 2 unspecified atom stereocenters. The van der Waals surface area contributed by atoms with E-state index in [1.807, 2.05) is 13.0 Å². The summed E-state index contributed by atoms with van der Waals surface area (Å²) < 4.78 is 11.0. The maximum absolute atomic E-state index is 13.1. The van der Waals surface area contributed by atoms with E-state index in [0.29, 0.717) is 28.4 Å². The number of ketones is 1. The first-order valence-electron chi connectivity index (χ1n) is 10.1. The van der Waals surface area contributed by atoms with E-state index < -0.39 is 17.7 Å². The van der Waals surface area contributed by atoms with Crippen molar-refractivity contribution in [3.05, 3.63) is 76.3 Å². The number of aromatic nitrogens is 1. The van der Waals surface area contributed by atoms with Crippen molar-refractivity contribution in [2.75, 3.05) is 12.0 Å². The van der Waals surface area contributed by atoms with Gasteiger partial charge in [-0.2, -0.15) is 0 Å². The van der Waals surface area contributed by atoms with Crippen molar-refractivity contribution in [1.29, 1.82) is 0 Å². The molecule has 2 aliphatic heterocycles. The number of fused-ring (bicyclic) bond motifs is 1. The molecule has 162 valence electrons. The van der Waals surface area contributed by atoms with Gasteiger partial charge in [0.05, 0.1) is 18.7 Å². The number of carbonyl (C=O) groups excluding carboxylic acids is 2. The van der Waals surface area contributed by atoms with Crippen LogP contribution in [0.5, 0.6) is 11.5 Å². The fourth-order valence-electron chi connectivity index (χ4n) is 4.19. The lowest BCUT2D eigenvalue weighted by Gasteiger charge is -2.23. The molecule has 0 bridgehead atoms. The molecule has 1 saturated heterocycles. The minimum atomic E-state index is -0.810. The van der Waals surface area contributed by atoms with E-state index in [4.69, 9.17) is 9.47 Å². The fraction of sp³-hybridized carbons (Fsp3) is 0.208. The number of thiazole rings is 1. The average molecular weight is 449 g/mol. The van der Waals surface area contributed by atoms with Gasteiger partial charge in [-0.25, -0.2) is 4.98 Å². The third kappa shape index (κ3) is 3.23. The number of nitrogens with zero attached hydrogens (tertiary/aromatic N) is 2. The van der Waals surface area contributed by atoms with E-state index in [0.717, 1.165) is 11.3 Å². The monoisotopic (exact) mass is 448 g/mol. The first-order valence-corrected chi connectivity index (χ1v) is 11.0. The highest BCUT2D eigenvalue weighted by Gasteiger charge is 2.48. The van der Waals surface area contributed by atoms with Gasteiger partial charge in [0.15, 0.2) is 5.13 Å². The lowest BCUT2D eigenvalue weighted by molar-refractivity contribution is -0.132. The summed E-state index contributed by atoms with van der Waals surface area (Å²) in [5.74, 6) is -0.272. The van der Waals surface area contributed by atoms with Gasteiger partial charge in [0.25, 0.3) is 5.78 Å². The first kappa shape index (κ1) is 20.3. The number of aliphatic hydroxyl groups excluding tert-OH is 1. The second-order valence-electron chi connectivity index (χ2n) is 7.71. The molecule has 7 nitrogen and oxygen atoms in total. The van der Waals surface area contributed by atoms with Crippen molar-refractivity contribution in [2.24, 2.45) is 0 Å². The zero-order valence-electron chi connectivity index (χ0n) is 17.4. The van der Waals surface area contributed by atoms with Crippen LogP contribution >= 0.6 is 11.3 Å². The van der Waals surface area contributed by atoms with Gasteiger partial charge in [0.1, 0.15) is 23.4 Å². The number of amides is 1. The largest absolute Gasteiger partial charge is 0.507 e. The van der Waals surface area contributed by atoms with E-state index in [1.54, 1.807) is 55.1 Å². The van der Waals surface area contributed by atoms with Gasteiger partial charge < -0.3 is 14.6 Å². The lowest BCUT2D eigenvalue weighted by Crippen LogP contribution is -2.29. The van der Waals surface area contributed by atoms with E-state index in [1.165, 1.54) is 16.2 Å². The summed E-state index contributed by atoms with van der Waals surface area (Å²) in [6.45, 7) is 1.97. The van der Waals surface area contributed by atoms with Gasteiger partial charge in [0, 0.05) is 23.6 Å². The predicted octanol–water partition coefficient (Wildman–Crippen LogP) is 4.10. The highest BCUT2D eigenvalue weighted by atomic mass is 32.1. The van der Waals surface area contributed by atoms with Crippen molar-refractivity contribution in [3.63, 3.8) is 0 Å². The van der Waals surface area contributed by atoms with Crippen LogP contribution in [0.25, 0.3) is 5.76 Å². The predicted molar refractivity (Wildman–Crippen MR) is 120 cm³/mol. The summed E-state index contributed by atoms with van der Waals surface area (Å²) in [5.41, 5.74) is 2.12. The molecule has 0 aliphatic carbocycles. The summed E-state index contributed by atoms with van der Waals surface area (Å²) in [6, 6.07) is 11.6. The van der Waals surface area contributed by atoms with Gasteiger partial charge in [0.2, 0.25) is 0 Å². The number of methoxy groups -OCH3 is 1. The van der Waals surface area contributed by atoms with Crippen molar-refractivity contribution in [1.82, 2.24) is 4.98 Å². The van der Waals surface area contributed by atoms with Gasteiger partial charge in [-0.15, -0.1) is 11.3 Å². The van der Waals surface area contributed by atoms with Crippen LogP contribution in [0.15, 0.2) is 59.6 Å². The zero-order valence-corrected chi connectivity index (χ0v) is 18.3. The SMILES string of the molecule is COc1ccc(C2C(=C(O)c3ccc4c(c3)CC(C)O4)C(=O)C(=O)N2c2nccs2)cc1. The third-order valence-electron chi connectivity index (χ3n) is 5.67. The maximum atomic E-state index is 13.1. The molecular weight excluding hydrogens is 428 g/mol. The molecule has 1 N–H and O–H groups in total.